The van der Waals surface area contributed by atoms with E-state index in [0.29, 0.717) is 18.8 Å². The third-order valence-corrected chi connectivity index (χ3v) is 5.89. The molecule has 10 heteroatoms. The molecule has 7 nitrogen and oxygen atoms in total. The molecular formula is C26H28F3N5O2. The smallest absolute Gasteiger partial charge is 0.417 e. The number of benzene rings is 2. The van der Waals surface area contributed by atoms with Crippen LogP contribution in [0.15, 0.2) is 67.0 Å². The Morgan fingerprint density at radius 3 is 2.33 bits per heavy atom. The number of nitrogens with one attached hydrogen (secondary N) is 1. The Morgan fingerprint density at radius 1 is 0.944 bits per heavy atom. The molecule has 1 aromatic heterocycles. The second-order valence-electron chi connectivity index (χ2n) is 8.46. The van der Waals surface area contributed by atoms with Gasteiger partial charge in [0.2, 0.25) is 5.95 Å². The van der Waals surface area contributed by atoms with Crippen molar-refractivity contribution in [2.45, 2.75) is 19.1 Å². The summed E-state index contributed by atoms with van der Waals surface area (Å²) in [6.07, 6.45) is -0.593. The van der Waals surface area contributed by atoms with Crippen molar-refractivity contribution in [1.29, 1.82) is 0 Å². The highest BCUT2D eigenvalue weighted by atomic mass is 19.4. The van der Waals surface area contributed by atoms with Gasteiger partial charge in [-0.15, -0.1) is 0 Å². The minimum Gasteiger partial charge on any atom is -0.494 e. The van der Waals surface area contributed by atoms with E-state index >= 15 is 0 Å². The third-order valence-electron chi connectivity index (χ3n) is 5.89. The Bertz CT molecular complexity index is 1120. The van der Waals surface area contributed by atoms with Crippen molar-refractivity contribution >= 4 is 11.9 Å². The molecule has 3 aromatic rings. The second-order valence-corrected chi connectivity index (χ2v) is 8.46. The number of nitrogens with zero attached hydrogens (tertiary/aromatic N) is 4. The number of anilines is 1. The molecule has 0 unspecified atom stereocenters. The first-order valence-corrected chi connectivity index (χ1v) is 11.8. The minimum atomic E-state index is -4.57. The van der Waals surface area contributed by atoms with E-state index in [0.717, 1.165) is 44.7 Å². The lowest BCUT2D eigenvalue weighted by Crippen LogP contribution is -2.46. The molecule has 0 aliphatic carbocycles. The zero-order valence-electron chi connectivity index (χ0n) is 19.7. The summed E-state index contributed by atoms with van der Waals surface area (Å²) in [6.45, 7) is 5.00. The molecule has 1 saturated heterocycles. The molecular weight excluding hydrogens is 471 g/mol. The van der Waals surface area contributed by atoms with Gasteiger partial charge in [0.05, 0.1) is 17.7 Å². The number of piperazine rings is 1. The number of ether oxygens (including phenoxy) is 1. The molecule has 4 rings (SSSR count). The van der Waals surface area contributed by atoms with Crippen LogP contribution in [-0.2, 0) is 12.7 Å². The molecule has 1 amide bonds. The van der Waals surface area contributed by atoms with Crippen molar-refractivity contribution in [2.24, 2.45) is 0 Å². The Kier molecular flexibility index (Phi) is 8.37. The average molecular weight is 500 g/mol. The van der Waals surface area contributed by atoms with Gasteiger partial charge in [0.25, 0.3) is 5.91 Å². The van der Waals surface area contributed by atoms with Gasteiger partial charge >= 0.3 is 6.18 Å². The molecule has 0 saturated carbocycles. The van der Waals surface area contributed by atoms with Crippen LogP contribution in [0.4, 0.5) is 19.1 Å². The fourth-order valence-corrected chi connectivity index (χ4v) is 4.00. The lowest BCUT2D eigenvalue weighted by molar-refractivity contribution is -0.137. The molecule has 1 aliphatic rings. The minimum absolute atomic E-state index is 0.211. The fourth-order valence-electron chi connectivity index (χ4n) is 4.00. The number of alkyl halides is 3. The number of halogens is 3. The molecule has 0 bridgehead atoms. The maximum absolute atomic E-state index is 13.1. The molecule has 0 atom stereocenters. The molecule has 2 aromatic carbocycles. The Labute approximate surface area is 207 Å². The van der Waals surface area contributed by atoms with Crippen molar-refractivity contribution in [1.82, 2.24) is 20.2 Å². The van der Waals surface area contributed by atoms with Crippen LogP contribution >= 0.6 is 0 Å². The van der Waals surface area contributed by atoms with Gasteiger partial charge in [0.15, 0.2) is 0 Å². The number of hydrogen-bond donors (Lipinski definition) is 1. The van der Waals surface area contributed by atoms with Crippen LogP contribution in [0, 0.1) is 0 Å². The van der Waals surface area contributed by atoms with E-state index in [1.54, 1.807) is 12.4 Å². The summed E-state index contributed by atoms with van der Waals surface area (Å²) in [5.74, 6) is 0.729. The number of hydrogen-bond acceptors (Lipinski definition) is 6. The Hall–Kier alpha value is -3.66. The first-order chi connectivity index (χ1) is 17.4. The molecule has 0 spiro atoms. The summed E-state index contributed by atoms with van der Waals surface area (Å²) in [7, 11) is 0. The standard InChI is InChI=1S/C26H28F3N5O2/c27-26(28,29)23-6-2-1-5-22(23)24(35)30-13-4-18-36-21-9-7-20(8-10-21)19-33-14-16-34(17-15-33)25-31-11-3-12-32-25/h1-3,5-12H,4,13-19H2,(H,30,35). The lowest BCUT2D eigenvalue weighted by Gasteiger charge is -2.34. The first kappa shape index (κ1) is 25.4. The largest absolute Gasteiger partial charge is 0.494 e. The highest BCUT2D eigenvalue weighted by Gasteiger charge is 2.34. The van der Waals surface area contributed by atoms with Crippen LogP contribution in [0.1, 0.15) is 27.9 Å². The SMILES string of the molecule is O=C(NCCCOc1ccc(CN2CCN(c3ncccn3)CC2)cc1)c1ccccc1C(F)(F)F. The normalized spacial score (nSPS) is 14.5. The lowest BCUT2D eigenvalue weighted by atomic mass is 10.1. The van der Waals surface area contributed by atoms with Gasteiger partial charge in [-0.05, 0) is 42.3 Å². The molecule has 2 heterocycles. The van der Waals surface area contributed by atoms with Crippen LogP contribution in [0.25, 0.3) is 0 Å². The summed E-state index contributed by atoms with van der Waals surface area (Å²) >= 11 is 0. The fraction of sp³-hybridized carbons (Fsp3) is 0.346. The van der Waals surface area contributed by atoms with Gasteiger partial charge in [-0.1, -0.05) is 24.3 Å². The number of rotatable bonds is 9. The zero-order valence-corrected chi connectivity index (χ0v) is 19.7. The predicted molar refractivity (Wildman–Crippen MR) is 130 cm³/mol. The van der Waals surface area contributed by atoms with Gasteiger partial charge < -0.3 is 15.0 Å². The van der Waals surface area contributed by atoms with Crippen LogP contribution in [0.5, 0.6) is 5.75 Å². The first-order valence-electron chi connectivity index (χ1n) is 11.8. The van der Waals surface area contributed by atoms with Crippen LogP contribution in [-0.4, -0.2) is 60.1 Å². The van der Waals surface area contributed by atoms with Crippen molar-refractivity contribution in [3.8, 4) is 5.75 Å². The van der Waals surface area contributed by atoms with Crippen molar-refractivity contribution in [3.63, 3.8) is 0 Å². The summed E-state index contributed by atoms with van der Waals surface area (Å²) in [4.78, 5) is 25.4. The van der Waals surface area contributed by atoms with Gasteiger partial charge in [-0.2, -0.15) is 13.2 Å². The van der Waals surface area contributed by atoms with Gasteiger partial charge in [0.1, 0.15) is 5.75 Å². The predicted octanol–water partition coefficient (Wildman–Crippen LogP) is 4.02. The quantitative estimate of drug-likeness (QED) is 0.449. The van der Waals surface area contributed by atoms with Gasteiger partial charge in [0, 0.05) is 51.7 Å². The second kappa shape index (κ2) is 11.9. The number of aromatic nitrogens is 2. The number of carbonyl (C=O) groups is 1. The monoisotopic (exact) mass is 499 g/mol. The summed E-state index contributed by atoms with van der Waals surface area (Å²) < 4.78 is 44.9. The maximum atomic E-state index is 13.1. The topological polar surface area (TPSA) is 70.6 Å². The van der Waals surface area contributed by atoms with E-state index in [9.17, 15) is 18.0 Å². The van der Waals surface area contributed by atoms with Gasteiger partial charge in [-0.3, -0.25) is 9.69 Å². The number of amides is 1. The third kappa shape index (κ3) is 6.94. The molecule has 36 heavy (non-hydrogen) atoms. The van der Waals surface area contributed by atoms with Crippen LogP contribution in [0.2, 0.25) is 0 Å². The maximum Gasteiger partial charge on any atom is 0.417 e. The van der Waals surface area contributed by atoms with Gasteiger partial charge in [-0.25, -0.2) is 9.97 Å². The Morgan fingerprint density at radius 2 is 1.64 bits per heavy atom. The molecule has 1 N–H and O–H groups in total. The Balaban J connectivity index is 1.15. The summed E-state index contributed by atoms with van der Waals surface area (Å²) in [6, 6.07) is 14.4. The van der Waals surface area contributed by atoms with Crippen molar-refractivity contribution < 1.29 is 22.7 Å². The highest BCUT2D eigenvalue weighted by Crippen LogP contribution is 2.31. The van der Waals surface area contributed by atoms with Crippen LogP contribution in [0.3, 0.4) is 0 Å². The molecule has 190 valence electrons. The molecule has 1 aliphatic heterocycles. The van der Waals surface area contributed by atoms with E-state index in [4.69, 9.17) is 4.74 Å². The van der Waals surface area contributed by atoms with Crippen LogP contribution < -0.4 is 15.0 Å². The number of carbonyl (C=O) groups excluding carboxylic acids is 1. The highest BCUT2D eigenvalue weighted by molar-refractivity contribution is 5.95. The molecule has 0 radical (unpaired) electrons. The van der Waals surface area contributed by atoms with E-state index in [-0.39, 0.29) is 12.1 Å². The summed E-state index contributed by atoms with van der Waals surface area (Å²) in [5.41, 5.74) is -0.135. The van der Waals surface area contributed by atoms with E-state index in [2.05, 4.69) is 25.1 Å². The summed E-state index contributed by atoms with van der Waals surface area (Å²) in [5, 5.41) is 2.53. The van der Waals surface area contributed by atoms with E-state index < -0.39 is 17.6 Å². The average Bonchev–Trinajstić information content (AvgIpc) is 2.90. The van der Waals surface area contributed by atoms with E-state index in [1.807, 2.05) is 30.3 Å². The van der Waals surface area contributed by atoms with Crippen molar-refractivity contribution in [3.05, 3.63) is 83.7 Å². The zero-order chi connectivity index (χ0) is 25.4. The van der Waals surface area contributed by atoms with E-state index in [1.165, 1.54) is 23.8 Å². The van der Waals surface area contributed by atoms with Crippen molar-refractivity contribution in [2.75, 3.05) is 44.2 Å². The molecule has 1 fully saturated rings.